The van der Waals surface area contributed by atoms with Crippen LogP contribution in [0.25, 0.3) is 0 Å². The summed E-state index contributed by atoms with van der Waals surface area (Å²) in [6.45, 7) is 4.40. The highest BCUT2D eigenvalue weighted by molar-refractivity contribution is 6.39. The molecule has 220 valence electrons. The second kappa shape index (κ2) is 14.6. The Balaban J connectivity index is 1.74. The van der Waals surface area contributed by atoms with Gasteiger partial charge in [-0.3, -0.25) is 24.0 Å². The summed E-state index contributed by atoms with van der Waals surface area (Å²) in [4.78, 5) is 70.4. The molecule has 1 aromatic carbocycles. The predicted molar refractivity (Wildman–Crippen MR) is 153 cm³/mol. The highest BCUT2D eigenvalue weighted by atomic mass is 35.5. The van der Waals surface area contributed by atoms with Crippen molar-refractivity contribution in [1.82, 2.24) is 20.5 Å². The molecule has 0 aliphatic carbocycles. The van der Waals surface area contributed by atoms with Crippen LogP contribution in [0, 0.1) is 5.92 Å². The Morgan fingerprint density at radius 2 is 1.76 bits per heavy atom. The summed E-state index contributed by atoms with van der Waals surface area (Å²) in [5.41, 5.74) is 0.982. The summed E-state index contributed by atoms with van der Waals surface area (Å²) in [6.07, 6.45) is 1.91. The van der Waals surface area contributed by atoms with Gasteiger partial charge in [0.05, 0.1) is 17.7 Å². The lowest BCUT2D eigenvalue weighted by Crippen LogP contribution is -2.54. The fraction of sp³-hybridized carbons (Fsp3) is 0.429. The molecule has 2 heterocycles. The van der Waals surface area contributed by atoms with Crippen LogP contribution in [0.4, 0.5) is 11.5 Å². The van der Waals surface area contributed by atoms with E-state index in [0.717, 1.165) is 0 Å². The van der Waals surface area contributed by atoms with Gasteiger partial charge in [-0.1, -0.05) is 25.4 Å². The Hall–Kier alpha value is -4.03. The zero-order valence-corrected chi connectivity index (χ0v) is 24.2. The van der Waals surface area contributed by atoms with E-state index in [2.05, 4.69) is 20.9 Å². The first-order chi connectivity index (χ1) is 19.5. The van der Waals surface area contributed by atoms with E-state index in [9.17, 15) is 24.0 Å². The van der Waals surface area contributed by atoms with Crippen LogP contribution in [0.2, 0.25) is 5.02 Å². The first-order valence-electron chi connectivity index (χ1n) is 13.2. The molecule has 2 aromatic rings. The molecular formula is C28H35ClN6O6. The van der Waals surface area contributed by atoms with Crippen molar-refractivity contribution in [2.75, 3.05) is 44.1 Å². The molecule has 1 fully saturated rings. The van der Waals surface area contributed by atoms with Crippen molar-refractivity contribution < 1.29 is 28.7 Å². The molecule has 0 bridgehead atoms. The number of carbonyl (C=O) groups is 5. The fourth-order valence-electron chi connectivity index (χ4n) is 4.43. The quantitative estimate of drug-likeness (QED) is 0.360. The zero-order chi connectivity index (χ0) is 30.1. The lowest BCUT2D eigenvalue weighted by molar-refractivity contribution is -0.136. The molecule has 0 saturated carbocycles. The lowest BCUT2D eigenvalue weighted by Gasteiger charge is -2.30. The van der Waals surface area contributed by atoms with Gasteiger partial charge in [-0.05, 0) is 49.2 Å². The van der Waals surface area contributed by atoms with E-state index >= 15 is 0 Å². The van der Waals surface area contributed by atoms with Gasteiger partial charge in [0.25, 0.3) is 11.8 Å². The molecule has 1 aliphatic heterocycles. The van der Waals surface area contributed by atoms with Crippen LogP contribution in [0.3, 0.4) is 0 Å². The van der Waals surface area contributed by atoms with Gasteiger partial charge in [0.1, 0.15) is 12.4 Å². The monoisotopic (exact) mass is 586 g/mol. The molecular weight excluding hydrogens is 552 g/mol. The van der Waals surface area contributed by atoms with Crippen molar-refractivity contribution >= 4 is 52.6 Å². The Bertz CT molecular complexity index is 1250. The first-order valence-corrected chi connectivity index (χ1v) is 13.6. The maximum atomic E-state index is 13.3. The third kappa shape index (κ3) is 8.73. The molecule has 0 spiro atoms. The second-order valence-electron chi connectivity index (χ2n) is 9.90. The molecule has 1 saturated heterocycles. The van der Waals surface area contributed by atoms with Gasteiger partial charge in [-0.25, -0.2) is 4.98 Å². The summed E-state index contributed by atoms with van der Waals surface area (Å²) in [5.74, 6) is -2.92. The molecule has 12 nitrogen and oxygen atoms in total. The van der Waals surface area contributed by atoms with Crippen LogP contribution in [0.15, 0.2) is 42.6 Å². The Labute approximate surface area is 243 Å². The second-order valence-corrected chi connectivity index (χ2v) is 10.3. The molecule has 3 N–H and O–H groups in total. The van der Waals surface area contributed by atoms with Crippen LogP contribution in [0.1, 0.15) is 37.0 Å². The molecule has 0 radical (unpaired) electrons. The normalized spacial score (nSPS) is 15.3. The van der Waals surface area contributed by atoms with Crippen molar-refractivity contribution in [3.8, 4) is 0 Å². The number of benzene rings is 1. The standard InChI is InChI=1S/C28H35ClN6O6/c1-5-21(31-26(38)27(39)33-23-11-8-19(29)15-30-23)22(14-17(2)28(40)34(3)4)32-25(37)18-6-9-20(10-7-18)35-12-13-41-16-24(35)36/h6-11,15,17,21-22H,5,12-14,16H2,1-4H3,(H,31,38)(H,32,37)(H,30,33,39)/t17-,21-,22+/m0/s1. The SMILES string of the molecule is CC[C@H](NC(=O)C(=O)Nc1ccc(Cl)cn1)[C@@H](C[C@H](C)C(=O)N(C)C)NC(=O)c1ccc(N2CCOCC2=O)cc1. The number of hydrogen-bond donors (Lipinski definition) is 3. The van der Waals surface area contributed by atoms with Crippen LogP contribution >= 0.6 is 11.6 Å². The van der Waals surface area contributed by atoms with Crippen molar-refractivity contribution in [1.29, 1.82) is 0 Å². The summed E-state index contributed by atoms with van der Waals surface area (Å²) in [5, 5.41) is 8.40. The molecule has 1 aromatic heterocycles. The number of pyridine rings is 1. The number of hydrogen-bond acceptors (Lipinski definition) is 7. The number of anilines is 2. The summed E-state index contributed by atoms with van der Waals surface area (Å²) in [6, 6.07) is 8.20. The molecule has 5 amide bonds. The van der Waals surface area contributed by atoms with E-state index < -0.39 is 35.7 Å². The van der Waals surface area contributed by atoms with Crippen molar-refractivity contribution in [2.24, 2.45) is 5.92 Å². The minimum Gasteiger partial charge on any atom is -0.370 e. The fourth-order valence-corrected chi connectivity index (χ4v) is 4.54. The molecule has 3 rings (SSSR count). The molecule has 0 unspecified atom stereocenters. The molecule has 41 heavy (non-hydrogen) atoms. The summed E-state index contributed by atoms with van der Waals surface area (Å²) in [7, 11) is 3.28. The largest absolute Gasteiger partial charge is 0.370 e. The predicted octanol–water partition coefficient (Wildman–Crippen LogP) is 1.84. The van der Waals surface area contributed by atoms with Crippen LogP contribution in [0.5, 0.6) is 0 Å². The van der Waals surface area contributed by atoms with E-state index in [4.69, 9.17) is 16.3 Å². The highest BCUT2D eigenvalue weighted by Crippen LogP contribution is 2.19. The number of halogens is 1. The Kier molecular flexibility index (Phi) is 11.2. The van der Waals surface area contributed by atoms with Gasteiger partial charge in [0.15, 0.2) is 0 Å². The number of ether oxygens (including phenoxy) is 1. The maximum Gasteiger partial charge on any atom is 0.314 e. The van der Waals surface area contributed by atoms with E-state index in [1.165, 1.54) is 23.2 Å². The number of nitrogens with one attached hydrogen (secondary N) is 3. The van der Waals surface area contributed by atoms with Crippen molar-refractivity contribution in [2.45, 2.75) is 38.8 Å². The maximum absolute atomic E-state index is 13.3. The number of carbonyl (C=O) groups excluding carboxylic acids is 5. The first kappa shape index (κ1) is 31.5. The van der Waals surface area contributed by atoms with E-state index in [0.29, 0.717) is 35.8 Å². The van der Waals surface area contributed by atoms with Crippen LogP contribution in [-0.2, 0) is 23.9 Å². The van der Waals surface area contributed by atoms with Gasteiger partial charge in [-0.15, -0.1) is 0 Å². The van der Waals surface area contributed by atoms with Gasteiger partial charge < -0.3 is 30.5 Å². The van der Waals surface area contributed by atoms with E-state index in [1.807, 2.05) is 0 Å². The number of nitrogens with zero attached hydrogens (tertiary/aromatic N) is 3. The average Bonchev–Trinajstić information content (AvgIpc) is 2.96. The topological polar surface area (TPSA) is 150 Å². The van der Waals surface area contributed by atoms with Gasteiger partial charge in [0, 0.05) is 50.0 Å². The third-order valence-electron chi connectivity index (χ3n) is 6.63. The number of morpholine rings is 1. The minimum atomic E-state index is -0.936. The van der Waals surface area contributed by atoms with E-state index in [1.54, 1.807) is 57.1 Å². The Morgan fingerprint density at radius 1 is 1.05 bits per heavy atom. The lowest BCUT2D eigenvalue weighted by atomic mass is 9.93. The van der Waals surface area contributed by atoms with E-state index in [-0.39, 0.29) is 30.7 Å². The van der Waals surface area contributed by atoms with Crippen LogP contribution in [-0.4, -0.2) is 85.4 Å². The van der Waals surface area contributed by atoms with Crippen molar-refractivity contribution in [3.63, 3.8) is 0 Å². The minimum absolute atomic E-state index is 0.00608. The number of aromatic nitrogens is 1. The number of amides is 5. The van der Waals surface area contributed by atoms with Gasteiger partial charge >= 0.3 is 11.8 Å². The van der Waals surface area contributed by atoms with Gasteiger partial charge in [0.2, 0.25) is 5.91 Å². The molecule has 13 heteroatoms. The van der Waals surface area contributed by atoms with Crippen LogP contribution < -0.4 is 20.9 Å². The van der Waals surface area contributed by atoms with Crippen molar-refractivity contribution in [3.05, 3.63) is 53.2 Å². The Morgan fingerprint density at radius 3 is 2.34 bits per heavy atom. The molecule has 1 aliphatic rings. The zero-order valence-electron chi connectivity index (χ0n) is 23.5. The number of rotatable bonds is 10. The smallest absolute Gasteiger partial charge is 0.314 e. The van der Waals surface area contributed by atoms with Gasteiger partial charge in [-0.2, -0.15) is 0 Å². The summed E-state index contributed by atoms with van der Waals surface area (Å²) < 4.78 is 5.17. The highest BCUT2D eigenvalue weighted by Gasteiger charge is 2.30. The molecule has 3 atom stereocenters. The third-order valence-corrected chi connectivity index (χ3v) is 6.85. The summed E-state index contributed by atoms with van der Waals surface area (Å²) >= 11 is 5.82. The average molecular weight is 587 g/mol.